The lowest BCUT2D eigenvalue weighted by Crippen LogP contribution is -2.35. The molecule has 0 aliphatic carbocycles. The fraction of sp³-hybridized carbons (Fsp3) is 0.250. The largest absolute Gasteiger partial charge is 0.460 e. The molecule has 1 saturated heterocycles. The molecule has 9 heteroatoms. The summed E-state index contributed by atoms with van der Waals surface area (Å²) in [4.78, 5) is 27.6. The second-order valence-electron chi connectivity index (χ2n) is 6.87. The number of carbonyl (C=O) groups is 1. The topological polar surface area (TPSA) is 85.5 Å². The van der Waals surface area contributed by atoms with Gasteiger partial charge in [0.15, 0.2) is 0 Å². The van der Waals surface area contributed by atoms with Crippen molar-refractivity contribution in [1.29, 1.82) is 0 Å². The Kier molecular flexibility index (Phi) is 4.48. The van der Waals surface area contributed by atoms with Gasteiger partial charge in [0.2, 0.25) is 0 Å². The van der Waals surface area contributed by atoms with Crippen LogP contribution in [0.2, 0.25) is 5.15 Å². The molecule has 1 aliphatic heterocycles. The molecule has 0 bridgehead atoms. The smallest absolute Gasteiger partial charge is 0.339 e. The average Bonchev–Trinajstić information content (AvgIpc) is 3.40. The molecule has 146 valence electrons. The van der Waals surface area contributed by atoms with Gasteiger partial charge in [-0.15, -0.1) is 0 Å². The maximum absolute atomic E-state index is 12.8. The number of benzene rings is 1. The standard InChI is InChI=1S/C20H17ClN6O2/c21-17-10-15(14-5-1-2-6-16(14)25-17)19(28)29-11-13-4-3-9-26(13)18-7-8-22-20-23-12-24-27(18)20/h1-2,5-8,10,12-13H,3-4,9,11H2. The normalized spacial score (nSPS) is 16.6. The third-order valence-corrected chi connectivity index (χ3v) is 5.34. The first-order valence-corrected chi connectivity index (χ1v) is 9.72. The molecule has 1 aromatic carbocycles. The van der Waals surface area contributed by atoms with E-state index < -0.39 is 5.97 Å². The molecule has 29 heavy (non-hydrogen) atoms. The van der Waals surface area contributed by atoms with Gasteiger partial charge in [-0.25, -0.2) is 14.8 Å². The van der Waals surface area contributed by atoms with Crippen LogP contribution in [0, 0.1) is 0 Å². The summed E-state index contributed by atoms with van der Waals surface area (Å²) >= 11 is 6.09. The Hall–Kier alpha value is -3.26. The van der Waals surface area contributed by atoms with Gasteiger partial charge >= 0.3 is 5.97 Å². The van der Waals surface area contributed by atoms with Crippen molar-refractivity contribution in [2.24, 2.45) is 0 Å². The maximum atomic E-state index is 12.8. The van der Waals surface area contributed by atoms with Crippen molar-refractivity contribution in [3.8, 4) is 0 Å². The van der Waals surface area contributed by atoms with Crippen LogP contribution >= 0.6 is 11.6 Å². The molecule has 1 aliphatic rings. The van der Waals surface area contributed by atoms with E-state index >= 15 is 0 Å². The number of para-hydroxylation sites is 1. The van der Waals surface area contributed by atoms with E-state index in [1.165, 1.54) is 6.33 Å². The molecule has 4 aromatic rings. The number of aromatic nitrogens is 5. The van der Waals surface area contributed by atoms with Gasteiger partial charge in [0.1, 0.15) is 23.9 Å². The van der Waals surface area contributed by atoms with E-state index in [1.54, 1.807) is 16.8 Å². The molecule has 0 saturated carbocycles. The first kappa shape index (κ1) is 17.8. The number of anilines is 1. The third-order valence-electron chi connectivity index (χ3n) is 5.14. The van der Waals surface area contributed by atoms with E-state index in [1.807, 2.05) is 30.3 Å². The number of rotatable bonds is 4. The van der Waals surface area contributed by atoms with Crippen molar-refractivity contribution in [1.82, 2.24) is 24.6 Å². The molecule has 0 spiro atoms. The molecule has 0 radical (unpaired) electrons. The van der Waals surface area contributed by atoms with Crippen LogP contribution in [0.4, 0.5) is 5.82 Å². The average molecular weight is 409 g/mol. The van der Waals surface area contributed by atoms with Crippen LogP contribution < -0.4 is 4.90 Å². The Morgan fingerprint density at radius 1 is 1.24 bits per heavy atom. The number of fused-ring (bicyclic) bond motifs is 2. The molecule has 1 fully saturated rings. The highest BCUT2D eigenvalue weighted by Gasteiger charge is 2.28. The van der Waals surface area contributed by atoms with Gasteiger partial charge < -0.3 is 9.64 Å². The Balaban J connectivity index is 1.37. The monoisotopic (exact) mass is 408 g/mol. The molecule has 5 rings (SSSR count). The zero-order chi connectivity index (χ0) is 19.8. The van der Waals surface area contributed by atoms with Gasteiger partial charge in [0.05, 0.1) is 17.1 Å². The molecule has 1 atom stereocenters. The predicted octanol–water partition coefficient (Wildman–Crippen LogP) is 3.15. The molecular formula is C20H17ClN6O2. The minimum absolute atomic E-state index is 0.0531. The van der Waals surface area contributed by atoms with E-state index in [0.29, 0.717) is 16.9 Å². The Bertz CT molecular complexity index is 1210. The second kappa shape index (κ2) is 7.29. The predicted molar refractivity (Wildman–Crippen MR) is 108 cm³/mol. The molecule has 4 heterocycles. The summed E-state index contributed by atoms with van der Waals surface area (Å²) in [6.07, 6.45) is 5.12. The van der Waals surface area contributed by atoms with Crippen LogP contribution in [-0.2, 0) is 4.74 Å². The summed E-state index contributed by atoms with van der Waals surface area (Å²) in [5.41, 5.74) is 1.09. The number of carbonyl (C=O) groups excluding carboxylic acids is 1. The van der Waals surface area contributed by atoms with Crippen LogP contribution in [0.5, 0.6) is 0 Å². The van der Waals surface area contributed by atoms with Crippen molar-refractivity contribution in [3.05, 3.63) is 59.6 Å². The van der Waals surface area contributed by atoms with E-state index in [0.717, 1.165) is 30.6 Å². The lowest BCUT2D eigenvalue weighted by Gasteiger charge is -2.26. The van der Waals surface area contributed by atoms with Crippen molar-refractivity contribution < 1.29 is 9.53 Å². The van der Waals surface area contributed by atoms with Crippen molar-refractivity contribution >= 4 is 40.1 Å². The highest BCUT2D eigenvalue weighted by Crippen LogP contribution is 2.26. The highest BCUT2D eigenvalue weighted by molar-refractivity contribution is 6.30. The molecule has 0 amide bonds. The van der Waals surface area contributed by atoms with Crippen LogP contribution in [0.3, 0.4) is 0 Å². The van der Waals surface area contributed by atoms with Crippen LogP contribution in [0.15, 0.2) is 48.9 Å². The van der Waals surface area contributed by atoms with E-state index in [2.05, 4.69) is 25.0 Å². The number of nitrogens with zero attached hydrogens (tertiary/aromatic N) is 6. The number of halogens is 1. The summed E-state index contributed by atoms with van der Waals surface area (Å²) in [5.74, 6) is 1.03. The van der Waals surface area contributed by atoms with E-state index in [-0.39, 0.29) is 17.8 Å². The minimum atomic E-state index is -0.405. The maximum Gasteiger partial charge on any atom is 0.339 e. The van der Waals surface area contributed by atoms with Crippen molar-refractivity contribution in [2.45, 2.75) is 18.9 Å². The first-order valence-electron chi connectivity index (χ1n) is 9.34. The Labute approximate surface area is 171 Å². The Morgan fingerprint density at radius 3 is 3.07 bits per heavy atom. The van der Waals surface area contributed by atoms with Gasteiger partial charge in [-0.3, -0.25) is 0 Å². The van der Waals surface area contributed by atoms with Crippen molar-refractivity contribution in [2.75, 3.05) is 18.1 Å². The fourth-order valence-electron chi connectivity index (χ4n) is 3.82. The number of esters is 1. The van der Waals surface area contributed by atoms with Gasteiger partial charge in [0, 0.05) is 18.1 Å². The first-order chi connectivity index (χ1) is 14.2. The zero-order valence-corrected chi connectivity index (χ0v) is 16.2. The Morgan fingerprint density at radius 2 is 2.14 bits per heavy atom. The van der Waals surface area contributed by atoms with Crippen molar-refractivity contribution in [3.63, 3.8) is 0 Å². The second-order valence-corrected chi connectivity index (χ2v) is 7.26. The molecule has 1 unspecified atom stereocenters. The lowest BCUT2D eigenvalue weighted by atomic mass is 10.1. The van der Waals surface area contributed by atoms with E-state index in [9.17, 15) is 4.79 Å². The van der Waals surface area contributed by atoms with Gasteiger partial charge in [-0.2, -0.15) is 14.6 Å². The van der Waals surface area contributed by atoms with Crippen LogP contribution in [0.1, 0.15) is 23.2 Å². The summed E-state index contributed by atoms with van der Waals surface area (Å²) in [5, 5.41) is 5.25. The van der Waals surface area contributed by atoms with E-state index in [4.69, 9.17) is 16.3 Å². The SMILES string of the molecule is O=C(OCC1CCCN1c1ccnc2ncnn12)c1cc(Cl)nc2ccccc12. The van der Waals surface area contributed by atoms with Gasteiger partial charge in [-0.1, -0.05) is 29.8 Å². The summed E-state index contributed by atoms with van der Waals surface area (Å²) in [6.45, 7) is 1.12. The highest BCUT2D eigenvalue weighted by atomic mass is 35.5. The number of hydrogen-bond donors (Lipinski definition) is 0. The molecular weight excluding hydrogens is 392 g/mol. The number of pyridine rings is 1. The van der Waals surface area contributed by atoms with Crippen LogP contribution in [0.25, 0.3) is 16.7 Å². The van der Waals surface area contributed by atoms with Gasteiger partial charge in [0.25, 0.3) is 5.78 Å². The number of hydrogen-bond acceptors (Lipinski definition) is 7. The quantitative estimate of drug-likeness (QED) is 0.378. The lowest BCUT2D eigenvalue weighted by molar-refractivity contribution is 0.0485. The molecule has 3 aromatic heterocycles. The summed E-state index contributed by atoms with van der Waals surface area (Å²) in [7, 11) is 0. The summed E-state index contributed by atoms with van der Waals surface area (Å²) in [6, 6.07) is 10.9. The molecule has 8 nitrogen and oxygen atoms in total. The molecule has 0 N–H and O–H groups in total. The van der Waals surface area contributed by atoms with Crippen LogP contribution in [-0.4, -0.2) is 49.7 Å². The third kappa shape index (κ3) is 3.25. The summed E-state index contributed by atoms with van der Waals surface area (Å²) < 4.78 is 7.40. The zero-order valence-electron chi connectivity index (χ0n) is 15.4. The fourth-order valence-corrected chi connectivity index (χ4v) is 4.02. The minimum Gasteiger partial charge on any atom is -0.460 e. The van der Waals surface area contributed by atoms with Gasteiger partial charge in [-0.05, 0) is 31.0 Å². The number of ether oxygens (including phenoxy) is 1.